The molecule has 0 saturated carbocycles. The predicted molar refractivity (Wildman–Crippen MR) is 130 cm³/mol. The molecule has 1 aliphatic rings. The maximum absolute atomic E-state index is 12.9. The summed E-state index contributed by atoms with van der Waals surface area (Å²) >= 11 is 0. The van der Waals surface area contributed by atoms with E-state index in [2.05, 4.69) is 24.1 Å². The highest BCUT2D eigenvalue weighted by molar-refractivity contribution is 7.90. The fourth-order valence-corrected chi connectivity index (χ4v) is 5.62. The number of nitrogens with zero attached hydrogens (tertiary/aromatic N) is 2. The number of piperidine rings is 1. The van der Waals surface area contributed by atoms with Gasteiger partial charge in [0.15, 0.2) is 15.6 Å². The Labute approximate surface area is 202 Å². The summed E-state index contributed by atoms with van der Waals surface area (Å²) in [6.45, 7) is 6.63. The Morgan fingerprint density at radius 1 is 1.09 bits per heavy atom. The molecule has 2 aromatic rings. The number of amides is 2. The average molecular weight is 490 g/mol. The highest BCUT2D eigenvalue weighted by atomic mass is 32.2. The Morgan fingerprint density at radius 2 is 1.74 bits per heavy atom. The van der Waals surface area contributed by atoms with Crippen LogP contribution < -0.4 is 5.32 Å². The standard InChI is InChI=1S/C25H35N3O5S/c1-25(2,18-27(3)4)17-26-23(29)19-12-14-28(15-13-19)24(30)22-11-10-20(33-22)16-34(31,32)21-8-6-5-7-9-21/h5-11,19H,12-18H2,1-4H3,(H,26,29). The first-order valence-electron chi connectivity index (χ1n) is 11.6. The molecule has 8 nitrogen and oxygen atoms in total. The predicted octanol–water partition coefficient (Wildman–Crippen LogP) is 2.81. The highest BCUT2D eigenvalue weighted by Crippen LogP contribution is 2.23. The molecule has 1 aromatic carbocycles. The van der Waals surface area contributed by atoms with Gasteiger partial charge in [-0.1, -0.05) is 32.0 Å². The number of carbonyl (C=O) groups is 2. The summed E-state index contributed by atoms with van der Waals surface area (Å²) < 4.78 is 30.7. The minimum absolute atomic E-state index is 0.0270. The SMILES string of the molecule is CN(C)CC(C)(C)CNC(=O)C1CCN(C(=O)c2ccc(CS(=O)(=O)c3ccccc3)o2)CC1. The zero-order valence-electron chi connectivity index (χ0n) is 20.4. The van der Waals surface area contributed by atoms with E-state index in [9.17, 15) is 18.0 Å². The van der Waals surface area contributed by atoms with Crippen molar-refractivity contribution in [3.05, 3.63) is 54.0 Å². The first kappa shape index (κ1) is 26.0. The summed E-state index contributed by atoms with van der Waals surface area (Å²) in [5.74, 6) is -0.341. The third-order valence-electron chi connectivity index (χ3n) is 5.95. The van der Waals surface area contributed by atoms with Gasteiger partial charge in [-0.3, -0.25) is 9.59 Å². The number of benzene rings is 1. The third kappa shape index (κ3) is 6.93. The maximum atomic E-state index is 12.9. The van der Waals surface area contributed by atoms with Gasteiger partial charge in [-0.2, -0.15) is 0 Å². The molecule has 0 unspecified atom stereocenters. The molecular weight excluding hydrogens is 454 g/mol. The van der Waals surface area contributed by atoms with Crippen LogP contribution in [0.1, 0.15) is 43.0 Å². The van der Waals surface area contributed by atoms with E-state index in [0.29, 0.717) is 32.5 Å². The normalized spacial score (nSPS) is 15.5. The molecule has 0 bridgehead atoms. The van der Waals surface area contributed by atoms with Crippen molar-refractivity contribution in [1.82, 2.24) is 15.1 Å². The molecule has 1 aromatic heterocycles. The Bertz CT molecular complexity index is 1080. The van der Waals surface area contributed by atoms with Crippen LogP contribution in [0, 0.1) is 11.3 Å². The van der Waals surface area contributed by atoms with Crippen LogP contribution in [0.4, 0.5) is 0 Å². The number of furan rings is 1. The quantitative estimate of drug-likeness (QED) is 0.581. The molecule has 1 N–H and O–H groups in total. The fourth-order valence-electron chi connectivity index (χ4n) is 4.35. The lowest BCUT2D eigenvalue weighted by molar-refractivity contribution is -0.126. The van der Waals surface area contributed by atoms with Crippen LogP contribution in [-0.4, -0.2) is 70.3 Å². The molecular formula is C25H35N3O5S. The average Bonchev–Trinajstić information content (AvgIpc) is 3.24. The van der Waals surface area contributed by atoms with Crippen LogP contribution in [0.2, 0.25) is 0 Å². The number of hydrogen-bond donors (Lipinski definition) is 1. The monoisotopic (exact) mass is 489 g/mol. The van der Waals surface area contributed by atoms with Gasteiger partial charge in [0.2, 0.25) is 5.91 Å². The lowest BCUT2D eigenvalue weighted by atomic mass is 9.91. The van der Waals surface area contributed by atoms with E-state index < -0.39 is 9.84 Å². The van der Waals surface area contributed by atoms with Crippen molar-refractivity contribution >= 4 is 21.7 Å². The Kier molecular flexibility index (Phi) is 8.20. The molecule has 2 heterocycles. The molecule has 0 atom stereocenters. The largest absolute Gasteiger partial charge is 0.455 e. The summed E-state index contributed by atoms with van der Waals surface area (Å²) in [6, 6.07) is 11.2. The molecule has 1 aliphatic heterocycles. The van der Waals surface area contributed by atoms with Crippen molar-refractivity contribution in [3.8, 4) is 0 Å². The summed E-state index contributed by atoms with van der Waals surface area (Å²) in [6.07, 6.45) is 1.17. The van der Waals surface area contributed by atoms with E-state index in [-0.39, 0.29) is 45.3 Å². The van der Waals surface area contributed by atoms with Crippen LogP contribution in [0.5, 0.6) is 0 Å². The fraction of sp³-hybridized carbons (Fsp3) is 0.520. The van der Waals surface area contributed by atoms with Crippen LogP contribution in [0.25, 0.3) is 0 Å². The first-order chi connectivity index (χ1) is 16.0. The second-order valence-corrected chi connectivity index (χ2v) is 12.0. The number of likely N-dealkylation sites (tertiary alicyclic amines) is 1. The third-order valence-corrected chi connectivity index (χ3v) is 7.60. The number of rotatable bonds is 9. The first-order valence-corrected chi connectivity index (χ1v) is 13.2. The van der Waals surface area contributed by atoms with Crippen molar-refractivity contribution in [2.45, 2.75) is 37.3 Å². The van der Waals surface area contributed by atoms with Crippen LogP contribution in [0.3, 0.4) is 0 Å². The van der Waals surface area contributed by atoms with Gasteiger partial charge in [-0.15, -0.1) is 0 Å². The maximum Gasteiger partial charge on any atom is 0.289 e. The van der Waals surface area contributed by atoms with Crippen molar-refractivity contribution in [1.29, 1.82) is 0 Å². The van der Waals surface area contributed by atoms with Crippen LogP contribution in [-0.2, 0) is 20.4 Å². The van der Waals surface area contributed by atoms with E-state index in [1.165, 1.54) is 24.3 Å². The number of hydrogen-bond acceptors (Lipinski definition) is 6. The van der Waals surface area contributed by atoms with E-state index in [0.717, 1.165) is 6.54 Å². The lowest BCUT2D eigenvalue weighted by Gasteiger charge is -2.32. The molecule has 9 heteroatoms. The van der Waals surface area contributed by atoms with Gasteiger partial charge in [0.1, 0.15) is 11.5 Å². The van der Waals surface area contributed by atoms with Crippen molar-refractivity contribution < 1.29 is 22.4 Å². The van der Waals surface area contributed by atoms with Gasteiger partial charge < -0.3 is 19.5 Å². The van der Waals surface area contributed by atoms with Crippen molar-refractivity contribution in [2.24, 2.45) is 11.3 Å². The molecule has 0 radical (unpaired) electrons. The number of sulfone groups is 1. The van der Waals surface area contributed by atoms with Gasteiger partial charge >= 0.3 is 0 Å². The van der Waals surface area contributed by atoms with E-state index >= 15 is 0 Å². The lowest BCUT2D eigenvalue weighted by Crippen LogP contribution is -2.46. The second-order valence-electron chi connectivity index (χ2n) is 10.0. The molecule has 186 valence electrons. The molecule has 0 aliphatic carbocycles. The summed E-state index contributed by atoms with van der Waals surface area (Å²) in [5.41, 5.74) is -0.0270. The topological polar surface area (TPSA) is 99.9 Å². The molecule has 0 spiro atoms. The van der Waals surface area contributed by atoms with E-state index in [1.54, 1.807) is 23.1 Å². The van der Waals surface area contributed by atoms with Gasteiger partial charge in [-0.05, 0) is 56.6 Å². The molecule has 34 heavy (non-hydrogen) atoms. The Morgan fingerprint density at radius 3 is 2.35 bits per heavy atom. The molecule has 1 saturated heterocycles. The number of nitrogens with one attached hydrogen (secondary N) is 1. The second kappa shape index (κ2) is 10.7. The minimum Gasteiger partial charge on any atom is -0.455 e. The molecule has 3 rings (SSSR count). The Balaban J connectivity index is 1.51. The smallest absolute Gasteiger partial charge is 0.289 e. The van der Waals surface area contributed by atoms with Crippen molar-refractivity contribution in [3.63, 3.8) is 0 Å². The minimum atomic E-state index is -3.56. The summed E-state index contributed by atoms with van der Waals surface area (Å²) in [4.78, 5) is 29.5. The molecule has 2 amide bonds. The van der Waals surface area contributed by atoms with Gasteiger partial charge in [0.05, 0.1) is 4.90 Å². The van der Waals surface area contributed by atoms with Crippen LogP contribution >= 0.6 is 0 Å². The van der Waals surface area contributed by atoms with Gasteiger partial charge in [0.25, 0.3) is 5.91 Å². The van der Waals surface area contributed by atoms with Crippen LogP contribution in [0.15, 0.2) is 51.8 Å². The van der Waals surface area contributed by atoms with Crippen molar-refractivity contribution in [2.75, 3.05) is 40.3 Å². The molecule has 1 fully saturated rings. The zero-order chi connectivity index (χ0) is 24.9. The number of carbonyl (C=O) groups excluding carboxylic acids is 2. The highest BCUT2D eigenvalue weighted by Gasteiger charge is 2.30. The zero-order valence-corrected chi connectivity index (χ0v) is 21.2. The van der Waals surface area contributed by atoms with Gasteiger partial charge in [0, 0.05) is 32.1 Å². The van der Waals surface area contributed by atoms with E-state index in [4.69, 9.17) is 4.42 Å². The summed E-state index contributed by atoms with van der Waals surface area (Å²) in [7, 11) is 0.473. The summed E-state index contributed by atoms with van der Waals surface area (Å²) in [5, 5.41) is 3.07. The Hall–Kier alpha value is -2.65. The van der Waals surface area contributed by atoms with E-state index in [1.807, 2.05) is 14.1 Å². The van der Waals surface area contributed by atoms with Gasteiger partial charge in [-0.25, -0.2) is 8.42 Å².